The fraction of sp³-hybridized carbons (Fsp3) is 0.423. The van der Waals surface area contributed by atoms with Crippen LogP contribution in [0.5, 0.6) is 17.2 Å². The third-order valence-electron chi connectivity index (χ3n) is 7.39. The van der Waals surface area contributed by atoms with E-state index in [2.05, 4.69) is 0 Å². The van der Waals surface area contributed by atoms with Crippen LogP contribution in [0.2, 0.25) is 0 Å². The zero-order valence-electron chi connectivity index (χ0n) is 20.1. The van der Waals surface area contributed by atoms with Crippen molar-refractivity contribution in [2.75, 3.05) is 7.11 Å². The van der Waals surface area contributed by atoms with E-state index < -0.39 is 76.9 Å². The average molecular weight is 513 g/mol. The Labute approximate surface area is 211 Å². The highest BCUT2D eigenvalue weighted by Gasteiger charge is 2.47. The number of aldehydes is 1. The summed E-state index contributed by atoms with van der Waals surface area (Å²) in [6.45, 7) is 1.60. The molecule has 6 N–H and O–H groups in total. The Balaban J connectivity index is 1.67. The summed E-state index contributed by atoms with van der Waals surface area (Å²) in [6.07, 6.45) is -4.23. The lowest BCUT2D eigenvalue weighted by Crippen LogP contribution is -2.52. The molecule has 0 amide bonds. The Morgan fingerprint density at radius 1 is 1.14 bits per heavy atom. The molecule has 11 nitrogen and oxygen atoms in total. The Kier molecular flexibility index (Phi) is 6.08. The molecule has 3 aliphatic rings. The molecular formula is C26H27NO10. The molecule has 0 aromatic heterocycles. The lowest BCUT2D eigenvalue weighted by molar-refractivity contribution is -0.246. The zero-order chi connectivity index (χ0) is 26.8. The van der Waals surface area contributed by atoms with Crippen LogP contribution in [-0.4, -0.2) is 75.5 Å². The minimum atomic E-state index is -2.00. The van der Waals surface area contributed by atoms with Crippen LogP contribution in [0.15, 0.2) is 18.2 Å². The van der Waals surface area contributed by atoms with Gasteiger partial charge in [-0.1, -0.05) is 12.1 Å². The van der Waals surface area contributed by atoms with Crippen LogP contribution in [0, 0.1) is 0 Å². The normalized spacial score (nSPS) is 30.8. The van der Waals surface area contributed by atoms with E-state index in [1.807, 2.05) is 0 Å². The molecular weight excluding hydrogens is 486 g/mol. The highest BCUT2D eigenvalue weighted by molar-refractivity contribution is 6.31. The van der Waals surface area contributed by atoms with Gasteiger partial charge in [-0.2, -0.15) is 0 Å². The van der Waals surface area contributed by atoms with Gasteiger partial charge in [-0.3, -0.25) is 9.59 Å². The second kappa shape index (κ2) is 8.89. The van der Waals surface area contributed by atoms with Crippen LogP contribution in [0.4, 0.5) is 0 Å². The van der Waals surface area contributed by atoms with Crippen molar-refractivity contribution in [2.45, 2.75) is 62.4 Å². The highest BCUT2D eigenvalue weighted by Crippen LogP contribution is 2.52. The number of fused-ring (bicyclic) bond motifs is 3. The Morgan fingerprint density at radius 2 is 1.84 bits per heavy atom. The van der Waals surface area contributed by atoms with Gasteiger partial charge in [0.25, 0.3) is 0 Å². The first-order valence-corrected chi connectivity index (χ1v) is 11.8. The average Bonchev–Trinajstić information content (AvgIpc) is 2.87. The summed E-state index contributed by atoms with van der Waals surface area (Å²) in [5, 5.41) is 43.6. The van der Waals surface area contributed by atoms with Crippen molar-refractivity contribution in [3.63, 3.8) is 0 Å². The van der Waals surface area contributed by atoms with E-state index >= 15 is 0 Å². The Hall–Kier alpha value is -3.35. The topological polar surface area (TPSA) is 186 Å². The number of phenolic OH excluding ortho intramolecular Hbond substituents is 2. The quantitative estimate of drug-likeness (QED) is 0.243. The summed E-state index contributed by atoms with van der Waals surface area (Å²) in [4.78, 5) is 38.8. The van der Waals surface area contributed by atoms with Gasteiger partial charge in [-0.25, -0.2) is 0 Å². The number of hydrogen-bond donors (Lipinski definition) is 5. The lowest BCUT2D eigenvalue weighted by atomic mass is 9.73. The molecule has 0 saturated carbocycles. The third-order valence-corrected chi connectivity index (χ3v) is 7.39. The molecule has 1 aliphatic heterocycles. The molecule has 0 spiro atoms. The Morgan fingerprint density at radius 3 is 2.49 bits per heavy atom. The van der Waals surface area contributed by atoms with Gasteiger partial charge in [0, 0.05) is 42.0 Å². The maximum Gasteiger partial charge on any atom is 0.202 e. The fourth-order valence-corrected chi connectivity index (χ4v) is 5.51. The number of aliphatic hydroxyl groups is 2. The molecule has 5 rings (SSSR count). The van der Waals surface area contributed by atoms with Gasteiger partial charge < -0.3 is 45.2 Å². The SMILES string of the molecule is COc1cccc2c1C(=O)c1c(O)c3c(c(O)c1C2=O)CC(O)(C=O)CC3OC1CC(N)C(O)C(C)O1. The minimum absolute atomic E-state index is 0.0158. The number of phenols is 2. The molecule has 1 saturated heterocycles. The third kappa shape index (κ3) is 3.82. The number of benzene rings is 2. The largest absolute Gasteiger partial charge is 0.507 e. The van der Waals surface area contributed by atoms with Crippen molar-refractivity contribution in [1.29, 1.82) is 0 Å². The zero-order valence-corrected chi connectivity index (χ0v) is 20.1. The molecule has 196 valence electrons. The van der Waals surface area contributed by atoms with E-state index in [0.717, 1.165) is 0 Å². The van der Waals surface area contributed by atoms with Gasteiger partial charge in [0.2, 0.25) is 5.78 Å². The maximum atomic E-state index is 13.6. The van der Waals surface area contributed by atoms with Gasteiger partial charge in [0.1, 0.15) is 22.8 Å². The van der Waals surface area contributed by atoms with Gasteiger partial charge in [-0.05, 0) is 13.0 Å². The van der Waals surface area contributed by atoms with E-state index in [-0.39, 0.29) is 40.8 Å². The van der Waals surface area contributed by atoms with Crippen LogP contribution >= 0.6 is 0 Å². The number of ketones is 2. The molecule has 37 heavy (non-hydrogen) atoms. The number of hydrogen-bond acceptors (Lipinski definition) is 11. The van der Waals surface area contributed by atoms with Crippen LogP contribution in [0.1, 0.15) is 68.8 Å². The van der Waals surface area contributed by atoms with Crippen molar-refractivity contribution in [3.8, 4) is 17.2 Å². The van der Waals surface area contributed by atoms with Crippen molar-refractivity contribution in [1.82, 2.24) is 0 Å². The molecule has 0 bridgehead atoms. The number of carbonyl (C=O) groups is 3. The molecule has 0 radical (unpaired) electrons. The van der Waals surface area contributed by atoms with Crippen molar-refractivity contribution in [2.24, 2.45) is 5.73 Å². The number of nitrogens with two attached hydrogens (primary N) is 1. The van der Waals surface area contributed by atoms with Crippen molar-refractivity contribution in [3.05, 3.63) is 51.6 Å². The monoisotopic (exact) mass is 513 g/mol. The lowest BCUT2D eigenvalue weighted by Gasteiger charge is -2.41. The van der Waals surface area contributed by atoms with E-state index in [9.17, 15) is 34.8 Å². The summed E-state index contributed by atoms with van der Waals surface area (Å²) in [6, 6.07) is 3.74. The highest BCUT2D eigenvalue weighted by atomic mass is 16.7. The van der Waals surface area contributed by atoms with Crippen LogP contribution in [0.3, 0.4) is 0 Å². The summed E-state index contributed by atoms with van der Waals surface area (Å²) in [5.74, 6) is -2.57. The van der Waals surface area contributed by atoms with Crippen LogP contribution in [0.25, 0.3) is 0 Å². The number of methoxy groups -OCH3 is 1. The summed E-state index contributed by atoms with van der Waals surface area (Å²) < 4.78 is 17.0. The van der Waals surface area contributed by atoms with Gasteiger partial charge in [-0.15, -0.1) is 0 Å². The number of aromatic hydroxyl groups is 2. The predicted molar refractivity (Wildman–Crippen MR) is 126 cm³/mol. The second-order valence-corrected chi connectivity index (χ2v) is 9.77. The van der Waals surface area contributed by atoms with Crippen molar-refractivity contribution < 1.29 is 49.0 Å². The van der Waals surface area contributed by atoms with Gasteiger partial charge in [0.15, 0.2) is 18.4 Å². The summed E-state index contributed by atoms with van der Waals surface area (Å²) >= 11 is 0. The summed E-state index contributed by atoms with van der Waals surface area (Å²) in [7, 11) is 1.34. The fourth-order valence-electron chi connectivity index (χ4n) is 5.51. The first-order valence-electron chi connectivity index (χ1n) is 11.8. The molecule has 2 aromatic rings. The van der Waals surface area contributed by atoms with Crippen LogP contribution < -0.4 is 10.5 Å². The maximum absolute atomic E-state index is 13.6. The smallest absolute Gasteiger partial charge is 0.202 e. The van der Waals surface area contributed by atoms with Gasteiger partial charge >= 0.3 is 0 Å². The van der Waals surface area contributed by atoms with E-state index in [4.69, 9.17) is 19.9 Å². The van der Waals surface area contributed by atoms with E-state index in [1.165, 1.54) is 25.3 Å². The molecule has 1 heterocycles. The van der Waals surface area contributed by atoms with E-state index in [0.29, 0.717) is 6.29 Å². The molecule has 1 fully saturated rings. The number of carbonyl (C=O) groups excluding carboxylic acids is 3. The van der Waals surface area contributed by atoms with E-state index in [1.54, 1.807) is 6.92 Å². The van der Waals surface area contributed by atoms with Crippen LogP contribution in [-0.2, 0) is 20.7 Å². The first kappa shape index (κ1) is 25.3. The van der Waals surface area contributed by atoms with Crippen molar-refractivity contribution >= 4 is 17.9 Å². The molecule has 2 aromatic carbocycles. The number of aliphatic hydroxyl groups excluding tert-OH is 1. The number of ether oxygens (including phenoxy) is 3. The second-order valence-electron chi connectivity index (χ2n) is 9.77. The Bertz CT molecular complexity index is 1310. The molecule has 6 atom stereocenters. The predicted octanol–water partition coefficient (Wildman–Crippen LogP) is 0.639. The number of rotatable bonds is 4. The summed E-state index contributed by atoms with van der Waals surface area (Å²) in [5.41, 5.74) is 2.93. The van der Waals surface area contributed by atoms with Gasteiger partial charge in [0.05, 0.1) is 42.1 Å². The molecule has 2 aliphatic carbocycles. The first-order chi connectivity index (χ1) is 17.5. The molecule has 11 heteroatoms. The minimum Gasteiger partial charge on any atom is -0.507 e. The standard InChI is InChI=1S/C26H27NO10/c1-10-21(29)13(27)6-16(36-10)37-15-8-26(34,9-28)7-12-18(15)25(33)20-19(23(12)31)22(30)11-4-3-5-14(35-2)17(11)24(20)32/h3-5,9-10,13,15-16,21,29,31,33-34H,6-8,27H2,1-2H3. The molecule has 6 unspecified atom stereocenters.